The standard InChI is InChI=1S/C20H22N2O9S/c1-28-17-8-7-15(9-16(17)22-13-31-32(26,27)12-18(21)23)20(25)30-11-19(24)29-10-14-5-3-2-4-6-14/h2-9,22H,10-13H2,1H3,(H2,21,23). The Bertz CT molecular complexity index is 1060. The highest BCUT2D eigenvalue weighted by Gasteiger charge is 2.17. The lowest BCUT2D eigenvalue weighted by Crippen LogP contribution is -2.26. The van der Waals surface area contributed by atoms with Crippen molar-refractivity contribution in [2.45, 2.75) is 6.61 Å². The Hall–Kier alpha value is -3.64. The van der Waals surface area contributed by atoms with E-state index in [1.165, 1.54) is 25.3 Å². The van der Waals surface area contributed by atoms with Crippen molar-refractivity contribution in [1.29, 1.82) is 0 Å². The fraction of sp³-hybridized carbons (Fsp3) is 0.250. The first kappa shape index (κ1) is 24.6. The SMILES string of the molecule is COc1ccc(C(=O)OCC(=O)OCc2ccccc2)cc1NCOS(=O)(=O)CC(N)=O. The summed E-state index contributed by atoms with van der Waals surface area (Å²) in [6, 6.07) is 13.2. The van der Waals surface area contributed by atoms with Crippen LogP contribution in [0.2, 0.25) is 0 Å². The first-order valence-electron chi connectivity index (χ1n) is 9.14. The van der Waals surface area contributed by atoms with Crippen molar-refractivity contribution in [2.24, 2.45) is 5.73 Å². The van der Waals surface area contributed by atoms with Gasteiger partial charge in [0, 0.05) is 0 Å². The van der Waals surface area contributed by atoms with Gasteiger partial charge in [-0.25, -0.2) is 13.8 Å². The predicted molar refractivity (Wildman–Crippen MR) is 112 cm³/mol. The van der Waals surface area contributed by atoms with Gasteiger partial charge in [0.15, 0.2) is 12.4 Å². The van der Waals surface area contributed by atoms with Gasteiger partial charge in [0.25, 0.3) is 10.1 Å². The van der Waals surface area contributed by atoms with Crippen LogP contribution in [0, 0.1) is 0 Å². The zero-order valence-electron chi connectivity index (χ0n) is 17.1. The number of rotatable bonds is 12. The number of carbonyl (C=O) groups excluding carboxylic acids is 3. The van der Waals surface area contributed by atoms with Crippen molar-refractivity contribution < 1.29 is 41.2 Å². The van der Waals surface area contributed by atoms with Gasteiger partial charge in [-0.3, -0.25) is 4.79 Å². The average molecular weight is 466 g/mol. The van der Waals surface area contributed by atoms with Gasteiger partial charge in [-0.05, 0) is 23.8 Å². The largest absolute Gasteiger partial charge is 0.495 e. The second kappa shape index (κ2) is 11.7. The van der Waals surface area contributed by atoms with Gasteiger partial charge in [-0.2, -0.15) is 8.42 Å². The molecule has 0 atom stereocenters. The zero-order valence-corrected chi connectivity index (χ0v) is 17.9. The molecule has 0 fully saturated rings. The molecule has 172 valence electrons. The summed E-state index contributed by atoms with van der Waals surface area (Å²) in [5.41, 5.74) is 5.90. The van der Waals surface area contributed by atoms with E-state index < -0.39 is 47.1 Å². The molecule has 1 amide bonds. The van der Waals surface area contributed by atoms with Gasteiger partial charge in [0.05, 0.1) is 18.4 Å². The molecule has 0 aromatic heterocycles. The fourth-order valence-corrected chi connectivity index (χ4v) is 3.04. The maximum absolute atomic E-state index is 12.3. The maximum atomic E-state index is 12.3. The average Bonchev–Trinajstić information content (AvgIpc) is 2.75. The van der Waals surface area contributed by atoms with Crippen LogP contribution in [-0.2, 0) is 40.0 Å². The van der Waals surface area contributed by atoms with E-state index in [2.05, 4.69) is 9.50 Å². The minimum Gasteiger partial charge on any atom is -0.495 e. The smallest absolute Gasteiger partial charge is 0.344 e. The van der Waals surface area contributed by atoms with Crippen molar-refractivity contribution in [2.75, 3.05) is 31.5 Å². The Morgan fingerprint density at radius 3 is 2.41 bits per heavy atom. The van der Waals surface area contributed by atoms with Crippen molar-refractivity contribution in [1.82, 2.24) is 0 Å². The summed E-state index contributed by atoms with van der Waals surface area (Å²) in [7, 11) is -2.79. The molecule has 32 heavy (non-hydrogen) atoms. The summed E-state index contributed by atoms with van der Waals surface area (Å²) in [4.78, 5) is 34.8. The van der Waals surface area contributed by atoms with Gasteiger partial charge >= 0.3 is 11.9 Å². The number of carbonyl (C=O) groups is 3. The van der Waals surface area contributed by atoms with E-state index >= 15 is 0 Å². The molecule has 0 bridgehead atoms. The molecule has 0 radical (unpaired) electrons. The Balaban J connectivity index is 1.91. The molecule has 0 saturated carbocycles. The molecule has 0 heterocycles. The minimum atomic E-state index is -4.16. The number of amides is 1. The highest BCUT2D eigenvalue weighted by atomic mass is 32.2. The molecule has 0 aliphatic rings. The van der Waals surface area contributed by atoms with Crippen LogP contribution in [0.1, 0.15) is 15.9 Å². The molecule has 3 N–H and O–H groups in total. The van der Waals surface area contributed by atoms with E-state index in [1.807, 2.05) is 6.07 Å². The van der Waals surface area contributed by atoms with Crippen molar-refractivity contribution in [3.8, 4) is 5.75 Å². The summed E-state index contributed by atoms with van der Waals surface area (Å²) >= 11 is 0. The molecule has 0 saturated heterocycles. The number of hydrogen-bond donors (Lipinski definition) is 2. The van der Waals surface area contributed by atoms with E-state index in [9.17, 15) is 22.8 Å². The summed E-state index contributed by atoms with van der Waals surface area (Å²) in [5, 5.41) is 2.61. The monoisotopic (exact) mass is 466 g/mol. The molecule has 2 rings (SSSR count). The lowest BCUT2D eigenvalue weighted by Gasteiger charge is -2.13. The van der Waals surface area contributed by atoms with Crippen LogP contribution in [0.4, 0.5) is 5.69 Å². The minimum absolute atomic E-state index is 0.0481. The maximum Gasteiger partial charge on any atom is 0.344 e. The second-order valence-corrected chi connectivity index (χ2v) is 7.88. The van der Waals surface area contributed by atoms with Crippen molar-refractivity contribution in [3.63, 3.8) is 0 Å². The Kier molecular flexibility index (Phi) is 8.98. The zero-order chi connectivity index (χ0) is 23.6. The van der Waals surface area contributed by atoms with Crippen molar-refractivity contribution in [3.05, 3.63) is 59.7 Å². The van der Waals surface area contributed by atoms with E-state index in [0.29, 0.717) is 0 Å². The van der Waals surface area contributed by atoms with E-state index in [4.69, 9.17) is 19.9 Å². The first-order chi connectivity index (χ1) is 15.2. The Morgan fingerprint density at radius 1 is 1.03 bits per heavy atom. The third kappa shape index (κ3) is 8.24. The Labute approximate surface area is 184 Å². The van der Waals surface area contributed by atoms with Crippen LogP contribution in [0.15, 0.2) is 48.5 Å². The topological polar surface area (TPSA) is 160 Å². The second-order valence-electron chi connectivity index (χ2n) is 6.24. The number of hydrogen-bond acceptors (Lipinski definition) is 10. The van der Waals surface area contributed by atoms with Gasteiger partial charge in [-0.15, -0.1) is 0 Å². The molecule has 0 spiro atoms. The fourth-order valence-electron chi connectivity index (χ4n) is 2.37. The number of ether oxygens (including phenoxy) is 3. The molecule has 0 aliphatic carbocycles. The number of nitrogens with one attached hydrogen (secondary N) is 1. The van der Waals surface area contributed by atoms with Crippen LogP contribution < -0.4 is 15.8 Å². The van der Waals surface area contributed by atoms with Crippen LogP contribution in [-0.4, -0.2) is 52.5 Å². The highest BCUT2D eigenvalue weighted by Crippen LogP contribution is 2.26. The summed E-state index contributed by atoms with van der Waals surface area (Å²) in [6.07, 6.45) is 0. The van der Waals surface area contributed by atoms with Crippen LogP contribution in [0.3, 0.4) is 0 Å². The highest BCUT2D eigenvalue weighted by molar-refractivity contribution is 7.87. The van der Waals surface area contributed by atoms with Crippen molar-refractivity contribution >= 4 is 33.7 Å². The van der Waals surface area contributed by atoms with Gasteiger partial charge < -0.3 is 25.3 Å². The quantitative estimate of drug-likeness (QED) is 0.260. The third-order valence-electron chi connectivity index (χ3n) is 3.82. The van der Waals surface area contributed by atoms with Gasteiger partial charge in [0.2, 0.25) is 5.91 Å². The van der Waals surface area contributed by atoms with E-state index in [-0.39, 0.29) is 23.6 Å². The number of esters is 2. The number of nitrogens with two attached hydrogens (primary N) is 1. The number of methoxy groups -OCH3 is 1. The predicted octanol–water partition coefficient (Wildman–Crippen LogP) is 0.796. The molecular formula is C20H22N2O9S. The number of primary amides is 1. The molecule has 0 aliphatic heterocycles. The normalized spacial score (nSPS) is 10.8. The van der Waals surface area contributed by atoms with E-state index in [0.717, 1.165) is 5.56 Å². The lowest BCUT2D eigenvalue weighted by atomic mass is 10.2. The molecule has 11 nitrogen and oxygen atoms in total. The molecule has 0 unspecified atom stereocenters. The van der Waals surface area contributed by atoms with Crippen LogP contribution in [0.25, 0.3) is 0 Å². The number of benzene rings is 2. The Morgan fingerprint density at radius 2 is 1.75 bits per heavy atom. The molecule has 2 aromatic rings. The summed E-state index contributed by atoms with van der Waals surface area (Å²) in [5.74, 6) is -3.29. The van der Waals surface area contributed by atoms with Gasteiger partial charge in [-0.1, -0.05) is 30.3 Å². The van der Waals surface area contributed by atoms with Gasteiger partial charge in [0.1, 0.15) is 19.1 Å². The van der Waals surface area contributed by atoms with Crippen LogP contribution >= 0.6 is 0 Å². The number of anilines is 1. The first-order valence-corrected chi connectivity index (χ1v) is 10.7. The van der Waals surface area contributed by atoms with Crippen LogP contribution in [0.5, 0.6) is 5.75 Å². The van der Waals surface area contributed by atoms with E-state index in [1.54, 1.807) is 24.3 Å². The third-order valence-corrected chi connectivity index (χ3v) is 4.93. The molecule has 12 heteroatoms. The summed E-state index contributed by atoms with van der Waals surface area (Å²) < 4.78 is 42.8. The summed E-state index contributed by atoms with van der Waals surface area (Å²) in [6.45, 7) is -1.09. The lowest BCUT2D eigenvalue weighted by molar-refractivity contribution is -0.148. The molecular weight excluding hydrogens is 444 g/mol. The molecule has 2 aromatic carbocycles.